The van der Waals surface area contributed by atoms with Crippen LogP contribution >= 0.6 is 11.3 Å². The van der Waals surface area contributed by atoms with Crippen LogP contribution in [-0.4, -0.2) is 36.0 Å². The van der Waals surface area contributed by atoms with Crippen LogP contribution in [-0.2, 0) is 6.54 Å². The van der Waals surface area contributed by atoms with Crippen molar-refractivity contribution in [3.63, 3.8) is 0 Å². The quantitative estimate of drug-likeness (QED) is 0.619. The van der Waals surface area contributed by atoms with Crippen LogP contribution in [0.25, 0.3) is 0 Å². The van der Waals surface area contributed by atoms with Crippen LogP contribution in [0.2, 0.25) is 0 Å². The van der Waals surface area contributed by atoms with E-state index in [1.54, 1.807) is 11.3 Å². The SMILES string of the molecule is CCCCN(C)C(=NCc1csc(C(C)C)n1)NCC. The summed E-state index contributed by atoms with van der Waals surface area (Å²) in [5, 5.41) is 6.66. The Balaban J connectivity index is 2.65. The van der Waals surface area contributed by atoms with Crippen LogP contribution in [0, 0.1) is 0 Å². The summed E-state index contributed by atoms with van der Waals surface area (Å²) in [4.78, 5) is 11.5. The summed E-state index contributed by atoms with van der Waals surface area (Å²) in [7, 11) is 2.09. The Morgan fingerprint density at radius 1 is 1.45 bits per heavy atom. The summed E-state index contributed by atoms with van der Waals surface area (Å²) in [6.45, 7) is 11.2. The first-order valence-electron chi connectivity index (χ1n) is 7.52. The lowest BCUT2D eigenvalue weighted by Crippen LogP contribution is -2.39. The number of aromatic nitrogens is 1. The molecular weight excluding hydrogens is 268 g/mol. The molecule has 0 unspecified atom stereocenters. The number of nitrogens with zero attached hydrogens (tertiary/aromatic N) is 3. The van der Waals surface area contributed by atoms with Gasteiger partial charge in [0.05, 0.1) is 17.2 Å². The molecule has 1 heterocycles. The van der Waals surface area contributed by atoms with E-state index in [9.17, 15) is 0 Å². The highest BCUT2D eigenvalue weighted by molar-refractivity contribution is 7.09. The maximum atomic E-state index is 4.68. The van der Waals surface area contributed by atoms with E-state index in [4.69, 9.17) is 0 Å². The lowest BCUT2D eigenvalue weighted by molar-refractivity contribution is 0.464. The van der Waals surface area contributed by atoms with Crippen molar-refractivity contribution in [2.45, 2.75) is 53.0 Å². The van der Waals surface area contributed by atoms with Crippen LogP contribution in [0.3, 0.4) is 0 Å². The Morgan fingerprint density at radius 3 is 2.75 bits per heavy atom. The molecular formula is C15H28N4S. The second kappa shape index (κ2) is 8.95. The third kappa shape index (κ3) is 5.49. The lowest BCUT2D eigenvalue weighted by atomic mass is 10.2. The van der Waals surface area contributed by atoms with Crippen molar-refractivity contribution in [3.05, 3.63) is 16.1 Å². The fourth-order valence-corrected chi connectivity index (χ4v) is 2.61. The summed E-state index contributed by atoms with van der Waals surface area (Å²) < 4.78 is 0. The maximum Gasteiger partial charge on any atom is 0.194 e. The first-order valence-corrected chi connectivity index (χ1v) is 8.40. The fraction of sp³-hybridized carbons (Fsp3) is 0.733. The number of aliphatic imine (C=N–C) groups is 1. The van der Waals surface area contributed by atoms with Crippen molar-refractivity contribution in [1.82, 2.24) is 15.2 Å². The first-order chi connectivity index (χ1) is 9.58. The molecule has 0 spiro atoms. The van der Waals surface area contributed by atoms with Crippen molar-refractivity contribution in [2.24, 2.45) is 4.99 Å². The van der Waals surface area contributed by atoms with Gasteiger partial charge in [-0.25, -0.2) is 9.98 Å². The van der Waals surface area contributed by atoms with Gasteiger partial charge in [0.15, 0.2) is 5.96 Å². The van der Waals surface area contributed by atoms with Gasteiger partial charge in [-0.1, -0.05) is 27.2 Å². The van der Waals surface area contributed by atoms with Crippen molar-refractivity contribution in [2.75, 3.05) is 20.1 Å². The highest BCUT2D eigenvalue weighted by Crippen LogP contribution is 2.19. The molecule has 0 atom stereocenters. The molecule has 114 valence electrons. The Morgan fingerprint density at radius 2 is 2.20 bits per heavy atom. The molecule has 20 heavy (non-hydrogen) atoms. The zero-order valence-electron chi connectivity index (χ0n) is 13.4. The third-order valence-corrected chi connectivity index (χ3v) is 4.19. The molecule has 0 amide bonds. The van der Waals surface area contributed by atoms with E-state index in [-0.39, 0.29) is 0 Å². The highest BCUT2D eigenvalue weighted by atomic mass is 32.1. The smallest absolute Gasteiger partial charge is 0.194 e. The molecule has 0 aliphatic carbocycles. The molecule has 0 aromatic carbocycles. The topological polar surface area (TPSA) is 40.5 Å². The fourth-order valence-electron chi connectivity index (χ4n) is 1.79. The van der Waals surface area contributed by atoms with E-state index in [1.807, 2.05) is 0 Å². The van der Waals surface area contributed by atoms with Crippen molar-refractivity contribution in [3.8, 4) is 0 Å². The van der Waals surface area contributed by atoms with Crippen molar-refractivity contribution >= 4 is 17.3 Å². The molecule has 1 aromatic heterocycles. The minimum atomic E-state index is 0.498. The predicted octanol–water partition coefficient (Wildman–Crippen LogP) is 3.46. The van der Waals surface area contributed by atoms with Gasteiger partial charge < -0.3 is 10.2 Å². The molecule has 0 saturated heterocycles. The van der Waals surface area contributed by atoms with Gasteiger partial charge in [-0.3, -0.25) is 0 Å². The monoisotopic (exact) mass is 296 g/mol. The number of thiazole rings is 1. The Hall–Kier alpha value is -1.10. The molecule has 1 rings (SSSR count). The van der Waals surface area contributed by atoms with Crippen molar-refractivity contribution in [1.29, 1.82) is 0 Å². The van der Waals surface area contributed by atoms with Gasteiger partial charge >= 0.3 is 0 Å². The number of guanidine groups is 1. The van der Waals surface area contributed by atoms with E-state index in [0.29, 0.717) is 12.5 Å². The molecule has 0 aliphatic rings. The van der Waals surface area contributed by atoms with Gasteiger partial charge in [0.2, 0.25) is 0 Å². The highest BCUT2D eigenvalue weighted by Gasteiger charge is 2.07. The maximum absolute atomic E-state index is 4.68. The summed E-state index contributed by atoms with van der Waals surface area (Å²) >= 11 is 1.73. The number of hydrogen-bond donors (Lipinski definition) is 1. The van der Waals surface area contributed by atoms with Crippen LogP contribution in [0.1, 0.15) is 57.2 Å². The molecule has 5 heteroatoms. The zero-order chi connectivity index (χ0) is 15.0. The number of hydrogen-bond acceptors (Lipinski definition) is 3. The number of rotatable bonds is 7. The Bertz CT molecular complexity index is 412. The van der Waals surface area contributed by atoms with E-state index in [0.717, 1.165) is 24.7 Å². The average molecular weight is 296 g/mol. The third-order valence-electron chi connectivity index (χ3n) is 3.00. The molecule has 0 radical (unpaired) electrons. The Kier molecular flexibility index (Phi) is 7.59. The summed E-state index contributed by atoms with van der Waals surface area (Å²) in [6, 6.07) is 0. The van der Waals surface area contributed by atoms with Crippen LogP contribution in [0.4, 0.5) is 0 Å². The summed E-state index contributed by atoms with van der Waals surface area (Å²) in [6.07, 6.45) is 2.39. The lowest BCUT2D eigenvalue weighted by Gasteiger charge is -2.21. The van der Waals surface area contributed by atoms with Gasteiger partial charge in [0.25, 0.3) is 0 Å². The first kappa shape index (κ1) is 17.0. The minimum absolute atomic E-state index is 0.498. The minimum Gasteiger partial charge on any atom is -0.357 e. The molecule has 4 nitrogen and oxygen atoms in total. The molecule has 0 fully saturated rings. The van der Waals surface area contributed by atoms with Gasteiger partial charge in [0, 0.05) is 31.4 Å². The standard InChI is InChI=1S/C15H28N4S/c1-6-8-9-19(5)15(16-7-2)17-10-13-11-20-14(18-13)12(3)4/h11-12H,6-10H2,1-5H3,(H,16,17). The van der Waals surface area contributed by atoms with E-state index >= 15 is 0 Å². The van der Waals surface area contributed by atoms with E-state index < -0.39 is 0 Å². The second-order valence-electron chi connectivity index (χ2n) is 5.28. The van der Waals surface area contributed by atoms with Gasteiger partial charge in [-0.15, -0.1) is 11.3 Å². The van der Waals surface area contributed by atoms with Gasteiger partial charge in [-0.05, 0) is 13.3 Å². The average Bonchev–Trinajstić information content (AvgIpc) is 2.89. The van der Waals surface area contributed by atoms with E-state index in [1.165, 1.54) is 17.8 Å². The molecule has 0 aliphatic heterocycles. The normalized spacial score (nSPS) is 12.0. The molecule has 0 bridgehead atoms. The Labute approximate surface area is 127 Å². The molecule has 1 aromatic rings. The second-order valence-corrected chi connectivity index (χ2v) is 6.17. The van der Waals surface area contributed by atoms with Crippen LogP contribution in [0.5, 0.6) is 0 Å². The van der Waals surface area contributed by atoms with Gasteiger partial charge in [-0.2, -0.15) is 0 Å². The number of unbranched alkanes of at least 4 members (excludes halogenated alkanes) is 1. The number of nitrogens with one attached hydrogen (secondary N) is 1. The zero-order valence-corrected chi connectivity index (χ0v) is 14.3. The van der Waals surface area contributed by atoms with Crippen LogP contribution < -0.4 is 5.32 Å². The summed E-state index contributed by atoms with van der Waals surface area (Å²) in [5.74, 6) is 1.47. The molecule has 1 N–H and O–H groups in total. The predicted molar refractivity (Wildman–Crippen MR) is 88.6 cm³/mol. The van der Waals surface area contributed by atoms with Crippen LogP contribution in [0.15, 0.2) is 10.4 Å². The van der Waals surface area contributed by atoms with Gasteiger partial charge in [0.1, 0.15) is 0 Å². The van der Waals surface area contributed by atoms with Crippen molar-refractivity contribution < 1.29 is 0 Å². The largest absolute Gasteiger partial charge is 0.357 e. The van der Waals surface area contributed by atoms with E-state index in [2.05, 4.69) is 60.3 Å². The summed E-state index contributed by atoms with van der Waals surface area (Å²) in [5.41, 5.74) is 1.07. The molecule has 0 saturated carbocycles.